The van der Waals surface area contributed by atoms with Gasteiger partial charge in [0.1, 0.15) is 18.1 Å². The second-order valence-corrected chi connectivity index (χ2v) is 5.61. The molecule has 0 aliphatic rings. The van der Waals surface area contributed by atoms with Crippen LogP contribution in [0, 0.1) is 0 Å². The summed E-state index contributed by atoms with van der Waals surface area (Å²) in [4.78, 5) is 12.2. The maximum absolute atomic E-state index is 10.5. The van der Waals surface area contributed by atoms with Crippen molar-refractivity contribution in [1.29, 1.82) is 0 Å². The number of benzene rings is 1. The molecule has 0 heterocycles. The van der Waals surface area contributed by atoms with E-state index >= 15 is 0 Å². The van der Waals surface area contributed by atoms with Crippen LogP contribution in [0.2, 0.25) is 0 Å². The van der Waals surface area contributed by atoms with Gasteiger partial charge in [0.15, 0.2) is 0 Å². The molecule has 0 aliphatic carbocycles. The highest BCUT2D eigenvalue weighted by Gasteiger charge is 2.09. The van der Waals surface area contributed by atoms with Gasteiger partial charge in [-0.25, -0.2) is 0 Å². The molecular weight excluding hydrogens is 382 g/mol. The molecule has 0 radical (unpaired) electrons. The van der Waals surface area contributed by atoms with E-state index in [0.29, 0.717) is 24.7 Å². The maximum atomic E-state index is 10.5. The van der Waals surface area contributed by atoms with Crippen LogP contribution in [0.4, 0.5) is 0 Å². The summed E-state index contributed by atoms with van der Waals surface area (Å²) in [5, 5.41) is 8.63. The minimum atomic E-state index is -0.851. The third-order valence-corrected chi connectivity index (χ3v) is 3.58. The summed E-state index contributed by atoms with van der Waals surface area (Å²) in [7, 11) is 3.32. The number of likely N-dealkylation sites (N-methyl/N-ethyl adjacent to an activating group) is 1. The summed E-state index contributed by atoms with van der Waals surface area (Å²) >= 11 is 6.78. The van der Waals surface area contributed by atoms with Gasteiger partial charge in [0.05, 0.1) is 22.6 Å². The van der Waals surface area contributed by atoms with Crippen LogP contribution in [0.25, 0.3) is 0 Å². The van der Waals surface area contributed by atoms with Gasteiger partial charge in [-0.1, -0.05) is 0 Å². The number of ether oxygens (including phenoxy) is 2. The second-order valence-electron chi connectivity index (χ2n) is 3.90. The van der Waals surface area contributed by atoms with Gasteiger partial charge in [-0.3, -0.25) is 9.69 Å². The van der Waals surface area contributed by atoms with Gasteiger partial charge in [0.25, 0.3) is 0 Å². The lowest BCUT2D eigenvalue weighted by Crippen LogP contribution is -2.29. The van der Waals surface area contributed by atoms with Crippen LogP contribution in [-0.4, -0.2) is 49.8 Å². The number of rotatable bonds is 7. The molecule has 7 heteroatoms. The highest BCUT2D eigenvalue weighted by atomic mass is 79.9. The van der Waals surface area contributed by atoms with Crippen molar-refractivity contribution in [2.75, 3.05) is 33.9 Å². The Bertz CT molecular complexity index is 454. The predicted molar refractivity (Wildman–Crippen MR) is 79.0 cm³/mol. The third-order valence-electron chi connectivity index (χ3n) is 2.34. The highest BCUT2D eigenvalue weighted by Crippen LogP contribution is 2.35. The minimum absolute atomic E-state index is 0.00314. The van der Waals surface area contributed by atoms with E-state index in [1.54, 1.807) is 31.2 Å². The van der Waals surface area contributed by atoms with Crippen LogP contribution >= 0.6 is 31.9 Å². The van der Waals surface area contributed by atoms with Crippen molar-refractivity contribution in [1.82, 2.24) is 4.90 Å². The standard InChI is InChI=1S/C12H15Br2NO4/c1-15(7-12(16)17)3-4-19-11-6-8(13)10(18-2)5-9(11)14/h5-6H,3-4,7H2,1-2H3,(H,16,17). The molecule has 106 valence electrons. The van der Waals surface area contributed by atoms with Crippen LogP contribution in [0.1, 0.15) is 0 Å². The van der Waals surface area contributed by atoms with Gasteiger partial charge < -0.3 is 14.6 Å². The van der Waals surface area contributed by atoms with Crippen molar-refractivity contribution in [2.24, 2.45) is 0 Å². The molecule has 1 aromatic carbocycles. The van der Waals surface area contributed by atoms with Gasteiger partial charge in [-0.2, -0.15) is 0 Å². The van der Waals surface area contributed by atoms with Crippen LogP contribution < -0.4 is 9.47 Å². The predicted octanol–water partition coefficient (Wildman–Crippen LogP) is 2.62. The van der Waals surface area contributed by atoms with Gasteiger partial charge in [0, 0.05) is 6.54 Å². The zero-order chi connectivity index (χ0) is 14.4. The van der Waals surface area contributed by atoms with E-state index in [-0.39, 0.29) is 6.54 Å². The number of carbonyl (C=O) groups is 1. The highest BCUT2D eigenvalue weighted by molar-refractivity contribution is 9.11. The van der Waals surface area contributed by atoms with Crippen molar-refractivity contribution in [3.05, 3.63) is 21.1 Å². The zero-order valence-electron chi connectivity index (χ0n) is 10.7. The molecule has 1 aromatic rings. The van der Waals surface area contributed by atoms with Crippen molar-refractivity contribution in [2.45, 2.75) is 0 Å². The first-order valence-corrected chi connectivity index (χ1v) is 7.08. The Morgan fingerprint density at radius 2 is 1.89 bits per heavy atom. The number of nitrogens with zero attached hydrogens (tertiary/aromatic N) is 1. The van der Waals surface area contributed by atoms with Crippen molar-refractivity contribution < 1.29 is 19.4 Å². The summed E-state index contributed by atoms with van der Waals surface area (Å²) in [5.41, 5.74) is 0. The fraction of sp³-hybridized carbons (Fsp3) is 0.417. The minimum Gasteiger partial charge on any atom is -0.496 e. The summed E-state index contributed by atoms with van der Waals surface area (Å²) in [6.45, 7) is 0.931. The Labute approximate surface area is 128 Å². The molecule has 0 saturated carbocycles. The zero-order valence-corrected chi connectivity index (χ0v) is 13.8. The van der Waals surface area contributed by atoms with Gasteiger partial charge in [-0.15, -0.1) is 0 Å². The average molecular weight is 397 g/mol. The number of carboxylic acid groups (broad SMARTS) is 1. The first kappa shape index (κ1) is 16.3. The normalized spacial score (nSPS) is 10.6. The van der Waals surface area contributed by atoms with E-state index in [2.05, 4.69) is 31.9 Å². The Morgan fingerprint density at radius 1 is 1.32 bits per heavy atom. The fourth-order valence-electron chi connectivity index (χ4n) is 1.40. The Morgan fingerprint density at radius 3 is 2.47 bits per heavy atom. The largest absolute Gasteiger partial charge is 0.496 e. The molecule has 0 amide bonds. The average Bonchev–Trinajstić information content (AvgIpc) is 2.32. The molecule has 0 aliphatic heterocycles. The van der Waals surface area contributed by atoms with Gasteiger partial charge >= 0.3 is 5.97 Å². The van der Waals surface area contributed by atoms with E-state index in [0.717, 1.165) is 8.95 Å². The van der Waals surface area contributed by atoms with Crippen molar-refractivity contribution >= 4 is 37.8 Å². The molecule has 0 aromatic heterocycles. The Balaban J connectivity index is 2.54. The first-order valence-electron chi connectivity index (χ1n) is 5.50. The molecule has 0 fully saturated rings. The molecule has 1 N–H and O–H groups in total. The second kappa shape index (κ2) is 7.72. The lowest BCUT2D eigenvalue weighted by Gasteiger charge is -2.15. The molecule has 5 nitrogen and oxygen atoms in total. The molecule has 0 spiro atoms. The van der Waals surface area contributed by atoms with Crippen LogP contribution in [0.15, 0.2) is 21.1 Å². The van der Waals surface area contributed by atoms with E-state index in [9.17, 15) is 4.79 Å². The Hall–Kier alpha value is -0.790. The van der Waals surface area contributed by atoms with E-state index in [1.165, 1.54) is 0 Å². The van der Waals surface area contributed by atoms with E-state index in [1.807, 2.05) is 0 Å². The smallest absolute Gasteiger partial charge is 0.317 e. The summed E-state index contributed by atoms with van der Waals surface area (Å²) < 4.78 is 12.3. The summed E-state index contributed by atoms with van der Waals surface area (Å²) in [6, 6.07) is 3.61. The molecular formula is C12H15Br2NO4. The lowest BCUT2D eigenvalue weighted by molar-refractivity contribution is -0.138. The number of halogens is 2. The monoisotopic (exact) mass is 395 g/mol. The molecule has 0 bridgehead atoms. The van der Waals surface area contributed by atoms with Crippen LogP contribution in [0.5, 0.6) is 11.5 Å². The van der Waals surface area contributed by atoms with E-state index in [4.69, 9.17) is 14.6 Å². The molecule has 0 saturated heterocycles. The van der Waals surface area contributed by atoms with E-state index < -0.39 is 5.97 Å². The van der Waals surface area contributed by atoms with Crippen LogP contribution in [-0.2, 0) is 4.79 Å². The van der Waals surface area contributed by atoms with Crippen molar-refractivity contribution in [3.63, 3.8) is 0 Å². The molecule has 19 heavy (non-hydrogen) atoms. The SMILES string of the molecule is COc1cc(Br)c(OCCN(C)CC(=O)O)cc1Br. The Kier molecular flexibility index (Phi) is 6.60. The fourth-order valence-corrected chi connectivity index (χ4v) is 2.32. The third kappa shape index (κ3) is 5.38. The number of aliphatic carboxylic acids is 1. The number of carboxylic acids is 1. The van der Waals surface area contributed by atoms with Crippen molar-refractivity contribution in [3.8, 4) is 11.5 Å². The van der Waals surface area contributed by atoms with Gasteiger partial charge in [0.2, 0.25) is 0 Å². The summed E-state index contributed by atoms with van der Waals surface area (Å²) in [5.74, 6) is 0.537. The topological polar surface area (TPSA) is 59.0 Å². The molecule has 0 unspecified atom stereocenters. The molecule has 1 rings (SSSR count). The maximum Gasteiger partial charge on any atom is 0.317 e. The first-order chi connectivity index (χ1) is 8.93. The quantitative estimate of drug-likeness (QED) is 0.767. The molecule has 0 atom stereocenters. The number of hydrogen-bond donors (Lipinski definition) is 1. The summed E-state index contributed by atoms with van der Waals surface area (Å²) in [6.07, 6.45) is 0. The lowest BCUT2D eigenvalue weighted by atomic mass is 10.3. The number of methoxy groups -OCH3 is 1. The number of hydrogen-bond acceptors (Lipinski definition) is 4. The van der Waals surface area contributed by atoms with Gasteiger partial charge in [-0.05, 0) is 51.0 Å². The van der Waals surface area contributed by atoms with Crippen LogP contribution in [0.3, 0.4) is 0 Å².